The van der Waals surface area contributed by atoms with Crippen LogP contribution in [0.2, 0.25) is 0 Å². The lowest BCUT2D eigenvalue weighted by Crippen LogP contribution is -1.92. The van der Waals surface area contributed by atoms with Crippen LogP contribution in [0.5, 0.6) is 0 Å². The van der Waals surface area contributed by atoms with Crippen LogP contribution < -0.4 is 0 Å². The van der Waals surface area contributed by atoms with Crippen LogP contribution in [-0.4, -0.2) is 5.78 Å². The van der Waals surface area contributed by atoms with Crippen molar-refractivity contribution in [2.24, 2.45) is 0 Å². The molecule has 0 amide bonds. The Morgan fingerprint density at radius 2 is 1.90 bits per heavy atom. The maximum absolute atomic E-state index is 10.7. The summed E-state index contributed by atoms with van der Waals surface area (Å²) < 4.78 is 0. The lowest BCUT2D eigenvalue weighted by atomic mass is 10.2. The van der Waals surface area contributed by atoms with Crippen molar-refractivity contribution in [2.75, 3.05) is 0 Å². The number of hydrogen-bond donors (Lipinski definition) is 0. The minimum Gasteiger partial charge on any atom is -0.295 e. The molecule has 0 saturated heterocycles. The van der Waals surface area contributed by atoms with Gasteiger partial charge in [0.1, 0.15) is 0 Å². The number of carbonyl (C=O) groups is 1. The summed E-state index contributed by atoms with van der Waals surface area (Å²) in [5.41, 5.74) is 0.611. The molecule has 0 aromatic heterocycles. The van der Waals surface area contributed by atoms with Gasteiger partial charge < -0.3 is 0 Å². The molecule has 0 unspecified atom stereocenters. The molecule has 0 radical (unpaired) electrons. The highest BCUT2D eigenvalue weighted by Crippen LogP contribution is 2.10. The standard InChI is InChI=1S/C8H11ClO/c1-4-5-8(9)6(2)7(3)10/h4-5H,1-3H3. The van der Waals surface area contributed by atoms with Gasteiger partial charge in [0.05, 0.1) is 0 Å². The van der Waals surface area contributed by atoms with E-state index in [-0.39, 0.29) is 5.78 Å². The topological polar surface area (TPSA) is 17.1 Å². The van der Waals surface area contributed by atoms with Gasteiger partial charge in [0.25, 0.3) is 0 Å². The second-order valence-electron chi connectivity index (χ2n) is 2.03. The van der Waals surface area contributed by atoms with E-state index in [1.54, 1.807) is 19.1 Å². The van der Waals surface area contributed by atoms with Gasteiger partial charge in [-0.25, -0.2) is 0 Å². The van der Waals surface area contributed by atoms with Gasteiger partial charge in [-0.1, -0.05) is 17.7 Å². The first-order chi connectivity index (χ1) is 4.59. The average molecular weight is 159 g/mol. The molecule has 0 fully saturated rings. The molecular formula is C8H11ClO. The largest absolute Gasteiger partial charge is 0.295 e. The third-order valence-corrected chi connectivity index (χ3v) is 1.61. The van der Waals surface area contributed by atoms with Crippen LogP contribution in [-0.2, 0) is 4.79 Å². The molecule has 1 nitrogen and oxygen atoms in total. The van der Waals surface area contributed by atoms with Crippen LogP contribution in [0.3, 0.4) is 0 Å². The lowest BCUT2D eigenvalue weighted by molar-refractivity contribution is -0.113. The molecule has 0 saturated carbocycles. The third-order valence-electron chi connectivity index (χ3n) is 1.20. The predicted molar refractivity (Wildman–Crippen MR) is 44.0 cm³/mol. The molecule has 0 aliphatic carbocycles. The number of rotatable bonds is 2. The van der Waals surface area contributed by atoms with E-state index >= 15 is 0 Å². The first kappa shape index (κ1) is 9.44. The van der Waals surface area contributed by atoms with Gasteiger partial charge in [0.2, 0.25) is 0 Å². The van der Waals surface area contributed by atoms with Gasteiger partial charge in [0, 0.05) is 10.6 Å². The van der Waals surface area contributed by atoms with Crippen LogP contribution in [0.25, 0.3) is 0 Å². The van der Waals surface area contributed by atoms with E-state index in [2.05, 4.69) is 0 Å². The number of carbonyl (C=O) groups excluding carboxylic acids is 1. The molecular weight excluding hydrogens is 148 g/mol. The Labute approximate surface area is 66.4 Å². The predicted octanol–water partition coefficient (Wildman–Crippen LogP) is 2.66. The molecule has 0 rings (SSSR count). The van der Waals surface area contributed by atoms with Crippen molar-refractivity contribution in [2.45, 2.75) is 20.8 Å². The number of allylic oxidation sites excluding steroid dienone is 4. The number of ketones is 1. The zero-order valence-electron chi connectivity index (χ0n) is 6.44. The fourth-order valence-electron chi connectivity index (χ4n) is 0.439. The molecule has 0 aromatic rings. The summed E-state index contributed by atoms with van der Waals surface area (Å²) in [5.74, 6) is 0.0168. The summed E-state index contributed by atoms with van der Waals surface area (Å²) in [4.78, 5) is 10.7. The van der Waals surface area contributed by atoms with Gasteiger partial charge in [-0.2, -0.15) is 0 Å². The Morgan fingerprint density at radius 1 is 1.40 bits per heavy atom. The molecule has 10 heavy (non-hydrogen) atoms. The smallest absolute Gasteiger partial charge is 0.156 e. The van der Waals surface area contributed by atoms with Crippen molar-refractivity contribution < 1.29 is 4.79 Å². The Kier molecular flexibility index (Phi) is 4.05. The van der Waals surface area contributed by atoms with E-state index in [9.17, 15) is 4.79 Å². The molecule has 0 aliphatic rings. The minimum absolute atomic E-state index is 0.0168. The van der Waals surface area contributed by atoms with Crippen molar-refractivity contribution in [1.82, 2.24) is 0 Å². The van der Waals surface area contributed by atoms with Crippen LogP contribution in [0.4, 0.5) is 0 Å². The number of hydrogen-bond acceptors (Lipinski definition) is 1. The van der Waals surface area contributed by atoms with E-state index in [1.165, 1.54) is 6.92 Å². The van der Waals surface area contributed by atoms with Crippen molar-refractivity contribution >= 4 is 17.4 Å². The highest BCUT2D eigenvalue weighted by atomic mass is 35.5. The van der Waals surface area contributed by atoms with E-state index in [4.69, 9.17) is 11.6 Å². The summed E-state index contributed by atoms with van der Waals surface area (Å²) in [6.07, 6.45) is 3.51. The van der Waals surface area contributed by atoms with Crippen molar-refractivity contribution in [3.05, 3.63) is 22.8 Å². The monoisotopic (exact) mass is 158 g/mol. The van der Waals surface area contributed by atoms with Gasteiger partial charge >= 0.3 is 0 Å². The maximum Gasteiger partial charge on any atom is 0.156 e. The normalized spacial score (nSPS) is 13.6. The fourth-order valence-corrected chi connectivity index (χ4v) is 0.699. The molecule has 0 atom stereocenters. The summed E-state index contributed by atoms with van der Waals surface area (Å²) >= 11 is 5.70. The molecule has 56 valence electrons. The van der Waals surface area contributed by atoms with Gasteiger partial charge in [-0.05, 0) is 26.8 Å². The minimum atomic E-state index is 0.0168. The summed E-state index contributed by atoms with van der Waals surface area (Å²) in [7, 11) is 0. The Hall–Kier alpha value is -0.560. The summed E-state index contributed by atoms with van der Waals surface area (Å²) in [6.45, 7) is 5.07. The van der Waals surface area contributed by atoms with Crippen molar-refractivity contribution in [3.63, 3.8) is 0 Å². The number of Topliss-reactive ketones (excluding diaryl/α,β-unsaturated/α-hetero) is 1. The van der Waals surface area contributed by atoms with E-state index in [0.29, 0.717) is 10.6 Å². The molecule has 2 heteroatoms. The molecule has 0 spiro atoms. The molecule has 0 aromatic carbocycles. The molecule has 0 N–H and O–H groups in total. The maximum atomic E-state index is 10.7. The van der Waals surface area contributed by atoms with Crippen LogP contribution in [0.1, 0.15) is 20.8 Å². The van der Waals surface area contributed by atoms with E-state index in [0.717, 1.165) is 0 Å². The Bertz CT molecular complexity index is 189. The zero-order chi connectivity index (χ0) is 8.15. The van der Waals surface area contributed by atoms with E-state index in [1.807, 2.05) is 6.92 Å². The van der Waals surface area contributed by atoms with Crippen molar-refractivity contribution in [1.29, 1.82) is 0 Å². The Morgan fingerprint density at radius 3 is 2.20 bits per heavy atom. The second kappa shape index (κ2) is 4.29. The summed E-state index contributed by atoms with van der Waals surface area (Å²) in [6, 6.07) is 0. The Balaban J connectivity index is 4.50. The SMILES string of the molecule is CC=CC(Cl)=C(C)C(C)=O. The molecule has 0 aliphatic heterocycles. The van der Waals surface area contributed by atoms with Crippen LogP contribution in [0.15, 0.2) is 22.8 Å². The third kappa shape index (κ3) is 2.83. The van der Waals surface area contributed by atoms with E-state index < -0.39 is 0 Å². The zero-order valence-corrected chi connectivity index (χ0v) is 7.20. The van der Waals surface area contributed by atoms with Gasteiger partial charge in [0.15, 0.2) is 5.78 Å². The molecule has 0 heterocycles. The number of halogens is 1. The molecule has 0 bridgehead atoms. The lowest BCUT2D eigenvalue weighted by Gasteiger charge is -1.94. The first-order valence-electron chi connectivity index (χ1n) is 3.09. The van der Waals surface area contributed by atoms with Crippen LogP contribution in [0, 0.1) is 0 Å². The summed E-state index contributed by atoms with van der Waals surface area (Å²) in [5, 5.41) is 0.523. The quantitative estimate of drug-likeness (QED) is 0.446. The van der Waals surface area contributed by atoms with Crippen molar-refractivity contribution in [3.8, 4) is 0 Å². The fraction of sp³-hybridized carbons (Fsp3) is 0.375. The average Bonchev–Trinajstić information content (AvgIpc) is 1.87. The van der Waals surface area contributed by atoms with Gasteiger partial charge in [-0.3, -0.25) is 4.79 Å². The van der Waals surface area contributed by atoms with Gasteiger partial charge in [-0.15, -0.1) is 0 Å². The highest BCUT2D eigenvalue weighted by Gasteiger charge is 1.99. The second-order valence-corrected chi connectivity index (χ2v) is 2.44. The van der Waals surface area contributed by atoms with Crippen LogP contribution >= 0.6 is 11.6 Å². The highest BCUT2D eigenvalue weighted by molar-refractivity contribution is 6.33. The first-order valence-corrected chi connectivity index (χ1v) is 3.47.